The number of nitrogens with one attached hydrogen (secondary N) is 1. The van der Waals surface area contributed by atoms with E-state index in [-0.39, 0.29) is 12.5 Å². The van der Waals surface area contributed by atoms with E-state index in [1.165, 1.54) is 0 Å². The van der Waals surface area contributed by atoms with Crippen LogP contribution in [0.5, 0.6) is 0 Å². The molecule has 10 heavy (non-hydrogen) atoms. The number of hydrogen-bond donors (Lipinski definition) is 3. The van der Waals surface area contributed by atoms with E-state index in [0.29, 0.717) is 6.42 Å². The predicted molar refractivity (Wildman–Crippen MR) is 37.9 cm³/mol. The molecule has 0 saturated carbocycles. The number of hydrogen-bond acceptors (Lipinski definition) is 3. The maximum absolute atomic E-state index is 10.5. The van der Waals surface area contributed by atoms with Gasteiger partial charge in [-0.2, -0.15) is 0 Å². The van der Waals surface area contributed by atoms with Crippen molar-refractivity contribution in [2.24, 2.45) is 5.84 Å². The van der Waals surface area contributed by atoms with Gasteiger partial charge in [0, 0.05) is 13.0 Å². The molecule has 0 radical (unpaired) electrons. The van der Waals surface area contributed by atoms with Crippen molar-refractivity contribution in [3.8, 4) is 0 Å². The molecule has 0 rings (SSSR count). The third kappa shape index (κ3) is 5.53. The lowest BCUT2D eigenvalue weighted by molar-refractivity contribution is -0.121. The van der Waals surface area contributed by atoms with Crippen LogP contribution >= 0.6 is 0 Å². The zero-order chi connectivity index (χ0) is 7.82. The van der Waals surface area contributed by atoms with E-state index >= 15 is 0 Å². The normalized spacial score (nSPS) is 9.40. The zero-order valence-corrected chi connectivity index (χ0v) is 5.97. The molecule has 0 aromatic carbocycles. The van der Waals surface area contributed by atoms with Gasteiger partial charge in [-0.15, -0.1) is 0 Å². The van der Waals surface area contributed by atoms with E-state index in [0.717, 1.165) is 19.3 Å². The van der Waals surface area contributed by atoms with Gasteiger partial charge < -0.3 is 5.11 Å². The van der Waals surface area contributed by atoms with Gasteiger partial charge in [-0.3, -0.25) is 10.2 Å². The van der Waals surface area contributed by atoms with Gasteiger partial charge in [0.25, 0.3) is 0 Å². The summed E-state index contributed by atoms with van der Waals surface area (Å²) >= 11 is 0. The molecule has 0 bridgehead atoms. The van der Waals surface area contributed by atoms with Gasteiger partial charge in [-0.1, -0.05) is 6.42 Å². The standard InChI is InChI=1S/C6H14N2O2/c7-8-6(10)4-2-1-3-5-9/h9H,1-5,7H2,(H,8,10). The van der Waals surface area contributed by atoms with Crippen molar-refractivity contribution in [1.82, 2.24) is 5.43 Å². The minimum absolute atomic E-state index is 0.141. The second-order valence-corrected chi connectivity index (χ2v) is 2.10. The Bertz CT molecular complexity index is 95.7. The number of carbonyl (C=O) groups is 1. The lowest BCUT2D eigenvalue weighted by Crippen LogP contribution is -2.29. The average Bonchev–Trinajstić information content (AvgIpc) is 1.98. The SMILES string of the molecule is NNC(=O)CCCCCO. The highest BCUT2D eigenvalue weighted by atomic mass is 16.2. The number of hydrazine groups is 1. The fraction of sp³-hybridized carbons (Fsp3) is 0.833. The second kappa shape index (κ2) is 6.51. The van der Waals surface area contributed by atoms with Crippen molar-refractivity contribution < 1.29 is 9.90 Å². The summed E-state index contributed by atoms with van der Waals surface area (Å²) < 4.78 is 0. The number of aliphatic hydroxyl groups is 1. The smallest absolute Gasteiger partial charge is 0.233 e. The summed E-state index contributed by atoms with van der Waals surface area (Å²) in [6.45, 7) is 0.199. The number of carbonyl (C=O) groups excluding carboxylic acids is 1. The van der Waals surface area contributed by atoms with Crippen molar-refractivity contribution in [3.63, 3.8) is 0 Å². The average molecular weight is 146 g/mol. The lowest BCUT2D eigenvalue weighted by atomic mass is 10.2. The molecule has 4 nitrogen and oxygen atoms in total. The van der Waals surface area contributed by atoms with Crippen molar-refractivity contribution in [3.05, 3.63) is 0 Å². The molecule has 0 fully saturated rings. The van der Waals surface area contributed by atoms with Crippen LogP contribution in [-0.4, -0.2) is 17.6 Å². The largest absolute Gasteiger partial charge is 0.396 e. The summed E-state index contributed by atoms with van der Waals surface area (Å²) in [5.74, 6) is 4.70. The van der Waals surface area contributed by atoms with Crippen LogP contribution in [-0.2, 0) is 4.79 Å². The molecule has 0 saturated heterocycles. The predicted octanol–water partition coefficient (Wildman–Crippen LogP) is -0.471. The molecule has 4 heteroatoms. The zero-order valence-electron chi connectivity index (χ0n) is 5.97. The van der Waals surface area contributed by atoms with Crippen LogP contribution in [0.1, 0.15) is 25.7 Å². The number of unbranched alkanes of at least 4 members (excludes halogenated alkanes) is 2. The van der Waals surface area contributed by atoms with Crippen LogP contribution in [0.15, 0.2) is 0 Å². The maximum Gasteiger partial charge on any atom is 0.233 e. The summed E-state index contributed by atoms with van der Waals surface area (Å²) in [7, 11) is 0. The third-order valence-electron chi connectivity index (χ3n) is 1.22. The highest BCUT2D eigenvalue weighted by Crippen LogP contribution is 1.97. The molecule has 0 unspecified atom stereocenters. The van der Waals surface area contributed by atoms with Crippen LogP contribution in [0.25, 0.3) is 0 Å². The Hall–Kier alpha value is -0.610. The van der Waals surface area contributed by atoms with E-state index in [9.17, 15) is 4.79 Å². The summed E-state index contributed by atoms with van der Waals surface area (Å²) in [5, 5.41) is 8.36. The van der Waals surface area contributed by atoms with E-state index in [2.05, 4.69) is 0 Å². The first-order valence-corrected chi connectivity index (χ1v) is 3.41. The third-order valence-corrected chi connectivity index (χ3v) is 1.22. The van der Waals surface area contributed by atoms with Crippen molar-refractivity contribution in [2.75, 3.05) is 6.61 Å². The minimum Gasteiger partial charge on any atom is -0.396 e. The highest BCUT2D eigenvalue weighted by Gasteiger charge is 1.95. The van der Waals surface area contributed by atoms with Crippen molar-refractivity contribution in [1.29, 1.82) is 0 Å². The van der Waals surface area contributed by atoms with Gasteiger partial charge >= 0.3 is 0 Å². The Morgan fingerprint density at radius 2 is 2.10 bits per heavy atom. The molecule has 0 heterocycles. The molecule has 0 atom stereocenters. The lowest BCUT2D eigenvalue weighted by Gasteiger charge is -1.97. The van der Waals surface area contributed by atoms with Crippen LogP contribution in [0.2, 0.25) is 0 Å². The summed E-state index contributed by atoms with van der Waals surface area (Å²) in [6.07, 6.45) is 2.89. The molecule has 0 aromatic heterocycles. The summed E-state index contributed by atoms with van der Waals surface area (Å²) in [4.78, 5) is 10.5. The van der Waals surface area contributed by atoms with Crippen LogP contribution < -0.4 is 11.3 Å². The summed E-state index contributed by atoms with van der Waals surface area (Å²) in [5.41, 5.74) is 2.04. The van der Waals surface area contributed by atoms with Gasteiger partial charge in [0.15, 0.2) is 0 Å². The van der Waals surface area contributed by atoms with Crippen LogP contribution in [0.3, 0.4) is 0 Å². The highest BCUT2D eigenvalue weighted by molar-refractivity contribution is 5.74. The Kier molecular flexibility index (Phi) is 6.11. The first kappa shape index (κ1) is 9.39. The molecule has 0 spiro atoms. The molecule has 60 valence electrons. The number of amides is 1. The molecular formula is C6H14N2O2. The van der Waals surface area contributed by atoms with Crippen molar-refractivity contribution >= 4 is 5.91 Å². The topological polar surface area (TPSA) is 75.3 Å². The Morgan fingerprint density at radius 3 is 2.60 bits per heavy atom. The van der Waals surface area contributed by atoms with Gasteiger partial charge in [0.05, 0.1) is 0 Å². The molecular weight excluding hydrogens is 132 g/mol. The Balaban J connectivity index is 2.96. The molecule has 0 aromatic rings. The minimum atomic E-state index is -0.141. The monoisotopic (exact) mass is 146 g/mol. The molecule has 4 N–H and O–H groups in total. The number of nitrogens with two attached hydrogens (primary N) is 1. The number of aliphatic hydroxyl groups excluding tert-OH is 1. The molecule has 0 aliphatic carbocycles. The van der Waals surface area contributed by atoms with E-state index in [4.69, 9.17) is 10.9 Å². The second-order valence-electron chi connectivity index (χ2n) is 2.10. The van der Waals surface area contributed by atoms with Crippen LogP contribution in [0.4, 0.5) is 0 Å². The summed E-state index contributed by atoms with van der Waals surface area (Å²) in [6, 6.07) is 0. The quantitative estimate of drug-likeness (QED) is 0.212. The molecule has 1 amide bonds. The fourth-order valence-electron chi connectivity index (χ4n) is 0.646. The van der Waals surface area contributed by atoms with Crippen molar-refractivity contribution in [2.45, 2.75) is 25.7 Å². The fourth-order valence-corrected chi connectivity index (χ4v) is 0.646. The Morgan fingerprint density at radius 1 is 1.40 bits per heavy atom. The first-order valence-electron chi connectivity index (χ1n) is 3.41. The van der Waals surface area contributed by atoms with Gasteiger partial charge in [0.1, 0.15) is 0 Å². The Labute approximate surface area is 60.4 Å². The molecule has 0 aliphatic heterocycles. The van der Waals surface area contributed by atoms with Gasteiger partial charge in [-0.05, 0) is 12.8 Å². The van der Waals surface area contributed by atoms with Crippen LogP contribution in [0, 0.1) is 0 Å². The maximum atomic E-state index is 10.5. The first-order chi connectivity index (χ1) is 4.81. The van der Waals surface area contributed by atoms with Gasteiger partial charge in [-0.25, -0.2) is 5.84 Å². The van der Waals surface area contributed by atoms with Gasteiger partial charge in [0.2, 0.25) is 5.91 Å². The van der Waals surface area contributed by atoms with E-state index in [1.54, 1.807) is 0 Å². The van der Waals surface area contributed by atoms with E-state index in [1.807, 2.05) is 5.43 Å². The van der Waals surface area contributed by atoms with E-state index < -0.39 is 0 Å². The number of rotatable bonds is 5. The molecule has 0 aliphatic rings.